The Kier molecular flexibility index (Phi) is 5.23. The number of non-ortho nitro benzene ring substituents is 1. The van der Waals surface area contributed by atoms with Crippen molar-refractivity contribution in [2.75, 3.05) is 18.1 Å². The summed E-state index contributed by atoms with van der Waals surface area (Å²) in [6.45, 7) is 2.95. The summed E-state index contributed by atoms with van der Waals surface area (Å²) in [6.07, 6.45) is 4.00. The summed E-state index contributed by atoms with van der Waals surface area (Å²) in [5.41, 5.74) is 1.48. The first-order valence-corrected chi connectivity index (χ1v) is 8.56. The number of nitrogens with zero attached hydrogens (tertiary/aromatic N) is 4. The fourth-order valence-electron chi connectivity index (χ4n) is 3.34. The molecule has 0 amide bonds. The highest BCUT2D eigenvalue weighted by Gasteiger charge is 2.24. The second-order valence-electron chi connectivity index (χ2n) is 6.35. The number of nitro groups is 1. The van der Waals surface area contributed by atoms with Crippen molar-refractivity contribution in [3.05, 3.63) is 46.1 Å². The van der Waals surface area contributed by atoms with E-state index in [0.717, 1.165) is 43.7 Å². The van der Waals surface area contributed by atoms with E-state index in [-0.39, 0.29) is 18.3 Å². The Hall–Kier alpha value is -2.54. The highest BCUT2D eigenvalue weighted by atomic mass is 16.6. The quantitative estimate of drug-likeness (QED) is 0.663. The second kappa shape index (κ2) is 7.57. The van der Waals surface area contributed by atoms with E-state index in [0.29, 0.717) is 11.4 Å². The first-order chi connectivity index (χ1) is 12.1. The molecule has 7 heteroatoms. The lowest BCUT2D eigenvalue weighted by atomic mass is 9.99. The van der Waals surface area contributed by atoms with Crippen molar-refractivity contribution >= 4 is 11.5 Å². The third kappa shape index (κ3) is 3.93. The van der Waals surface area contributed by atoms with Gasteiger partial charge in [-0.05, 0) is 32.6 Å². The molecule has 0 radical (unpaired) electrons. The van der Waals surface area contributed by atoms with Crippen LogP contribution >= 0.6 is 0 Å². The van der Waals surface area contributed by atoms with Gasteiger partial charge in [0.2, 0.25) is 0 Å². The third-order valence-corrected chi connectivity index (χ3v) is 4.54. The van der Waals surface area contributed by atoms with E-state index in [1.54, 1.807) is 12.1 Å². The summed E-state index contributed by atoms with van der Waals surface area (Å²) in [5.74, 6) is 1.32. The topological polar surface area (TPSA) is 92.4 Å². The largest absolute Gasteiger partial charge is 0.396 e. The predicted octanol–water partition coefficient (Wildman–Crippen LogP) is 3.10. The molecule has 132 valence electrons. The van der Waals surface area contributed by atoms with Gasteiger partial charge in [0, 0.05) is 48.6 Å². The van der Waals surface area contributed by atoms with Gasteiger partial charge in [-0.1, -0.05) is 12.1 Å². The van der Waals surface area contributed by atoms with Crippen LogP contribution in [-0.2, 0) is 0 Å². The molecule has 1 fully saturated rings. The number of anilines is 1. The molecule has 0 spiro atoms. The van der Waals surface area contributed by atoms with Gasteiger partial charge in [-0.3, -0.25) is 10.1 Å². The summed E-state index contributed by atoms with van der Waals surface area (Å²) in [7, 11) is 0. The van der Waals surface area contributed by atoms with Gasteiger partial charge in [-0.15, -0.1) is 0 Å². The van der Waals surface area contributed by atoms with E-state index in [2.05, 4.69) is 14.9 Å². The Bertz CT molecular complexity index is 764. The smallest absolute Gasteiger partial charge is 0.270 e. The summed E-state index contributed by atoms with van der Waals surface area (Å²) in [5, 5.41) is 20.3. The van der Waals surface area contributed by atoms with Crippen molar-refractivity contribution in [1.29, 1.82) is 0 Å². The minimum Gasteiger partial charge on any atom is -0.396 e. The number of aliphatic hydroxyl groups is 1. The van der Waals surface area contributed by atoms with Crippen molar-refractivity contribution < 1.29 is 10.0 Å². The van der Waals surface area contributed by atoms with Crippen LogP contribution in [0, 0.1) is 17.0 Å². The molecular weight excluding hydrogens is 320 g/mol. The zero-order valence-corrected chi connectivity index (χ0v) is 14.3. The number of hydrogen-bond acceptors (Lipinski definition) is 6. The zero-order valence-electron chi connectivity index (χ0n) is 14.3. The number of rotatable bonds is 5. The van der Waals surface area contributed by atoms with Crippen LogP contribution in [0.3, 0.4) is 0 Å². The molecule has 25 heavy (non-hydrogen) atoms. The minimum absolute atomic E-state index is 0.0280. The highest BCUT2D eigenvalue weighted by Crippen LogP contribution is 2.28. The standard InChI is InChI=1S/C18H22N4O3/c1-13-11-17(21-9-3-2-6-15(21)8-10-23)20-18(19-13)14-5-4-7-16(12-14)22(24)25/h4-5,7,11-12,15,23H,2-3,6,8-10H2,1H3. The SMILES string of the molecule is Cc1cc(N2CCCCC2CCO)nc(-c2cccc([N+](=O)[O-])c2)n1. The Balaban J connectivity index is 1.97. The maximum absolute atomic E-state index is 11.0. The van der Waals surface area contributed by atoms with Gasteiger partial charge in [-0.2, -0.15) is 0 Å². The minimum atomic E-state index is -0.415. The molecule has 0 aliphatic carbocycles. The average molecular weight is 342 g/mol. The Morgan fingerprint density at radius 2 is 2.16 bits per heavy atom. The fraction of sp³-hybridized carbons (Fsp3) is 0.444. The van der Waals surface area contributed by atoms with E-state index in [9.17, 15) is 15.2 Å². The van der Waals surface area contributed by atoms with Gasteiger partial charge in [0.05, 0.1) is 4.92 Å². The lowest BCUT2D eigenvalue weighted by Crippen LogP contribution is -2.40. The molecule has 7 nitrogen and oxygen atoms in total. The molecule has 3 rings (SSSR count). The van der Waals surface area contributed by atoms with Gasteiger partial charge >= 0.3 is 0 Å². The first kappa shape index (κ1) is 17.3. The second-order valence-corrected chi connectivity index (χ2v) is 6.35. The monoisotopic (exact) mass is 342 g/mol. The number of nitro benzene ring substituents is 1. The molecule has 1 aliphatic rings. The van der Waals surface area contributed by atoms with E-state index in [1.807, 2.05) is 13.0 Å². The molecule has 2 aromatic rings. The Morgan fingerprint density at radius 1 is 1.32 bits per heavy atom. The Morgan fingerprint density at radius 3 is 2.92 bits per heavy atom. The van der Waals surface area contributed by atoms with E-state index < -0.39 is 4.92 Å². The molecule has 1 atom stereocenters. The summed E-state index contributed by atoms with van der Waals surface area (Å²) in [6, 6.07) is 8.60. The van der Waals surface area contributed by atoms with Crippen molar-refractivity contribution in [1.82, 2.24) is 9.97 Å². The summed E-state index contributed by atoms with van der Waals surface area (Å²) < 4.78 is 0. The molecule has 1 N–H and O–H groups in total. The number of piperidine rings is 1. The van der Waals surface area contributed by atoms with Gasteiger partial charge in [-0.25, -0.2) is 9.97 Å². The van der Waals surface area contributed by atoms with Crippen LogP contribution in [0.5, 0.6) is 0 Å². The zero-order chi connectivity index (χ0) is 17.8. The maximum Gasteiger partial charge on any atom is 0.270 e. The molecular formula is C18H22N4O3. The normalized spacial score (nSPS) is 17.5. The van der Waals surface area contributed by atoms with Crippen molar-refractivity contribution in [3.8, 4) is 11.4 Å². The summed E-state index contributed by atoms with van der Waals surface area (Å²) in [4.78, 5) is 22.0. The van der Waals surface area contributed by atoms with Crippen LogP contribution in [-0.4, -0.2) is 39.2 Å². The van der Waals surface area contributed by atoms with Gasteiger partial charge < -0.3 is 10.0 Å². The molecule has 1 saturated heterocycles. The van der Waals surface area contributed by atoms with Crippen LogP contribution in [0.4, 0.5) is 11.5 Å². The van der Waals surface area contributed by atoms with Crippen LogP contribution in [0.25, 0.3) is 11.4 Å². The van der Waals surface area contributed by atoms with Gasteiger partial charge in [0.15, 0.2) is 5.82 Å². The molecule has 2 heterocycles. The number of benzene rings is 1. The van der Waals surface area contributed by atoms with Crippen molar-refractivity contribution in [2.24, 2.45) is 0 Å². The van der Waals surface area contributed by atoms with E-state index >= 15 is 0 Å². The molecule has 0 bridgehead atoms. The van der Waals surface area contributed by atoms with Gasteiger partial charge in [0.1, 0.15) is 5.82 Å². The molecule has 0 saturated carbocycles. The van der Waals surface area contributed by atoms with Crippen molar-refractivity contribution in [3.63, 3.8) is 0 Å². The molecule has 1 unspecified atom stereocenters. The van der Waals surface area contributed by atoms with Crippen LogP contribution in [0.2, 0.25) is 0 Å². The maximum atomic E-state index is 11.0. The highest BCUT2D eigenvalue weighted by molar-refractivity contribution is 5.61. The number of hydrogen-bond donors (Lipinski definition) is 1. The van der Waals surface area contributed by atoms with E-state index in [1.165, 1.54) is 12.1 Å². The number of aryl methyl sites for hydroxylation is 1. The lowest BCUT2D eigenvalue weighted by Gasteiger charge is -2.36. The van der Waals surface area contributed by atoms with Crippen LogP contribution < -0.4 is 4.90 Å². The van der Waals surface area contributed by atoms with Crippen molar-refractivity contribution in [2.45, 2.75) is 38.6 Å². The lowest BCUT2D eigenvalue weighted by molar-refractivity contribution is -0.384. The number of aliphatic hydroxyl groups excluding tert-OH is 1. The third-order valence-electron chi connectivity index (χ3n) is 4.54. The van der Waals surface area contributed by atoms with Crippen LogP contribution in [0.1, 0.15) is 31.4 Å². The number of aromatic nitrogens is 2. The molecule has 1 aromatic carbocycles. The molecule has 1 aromatic heterocycles. The summed E-state index contributed by atoms with van der Waals surface area (Å²) >= 11 is 0. The van der Waals surface area contributed by atoms with E-state index in [4.69, 9.17) is 0 Å². The predicted molar refractivity (Wildman–Crippen MR) is 95.5 cm³/mol. The average Bonchev–Trinajstić information content (AvgIpc) is 2.62. The van der Waals surface area contributed by atoms with Gasteiger partial charge in [0.25, 0.3) is 5.69 Å². The van der Waals surface area contributed by atoms with Crippen LogP contribution in [0.15, 0.2) is 30.3 Å². The fourth-order valence-corrected chi connectivity index (χ4v) is 3.34. The molecule has 1 aliphatic heterocycles. The first-order valence-electron chi connectivity index (χ1n) is 8.56. The Labute approximate surface area is 146 Å².